The Bertz CT molecular complexity index is 579. The fourth-order valence-electron chi connectivity index (χ4n) is 1.61. The minimum absolute atomic E-state index is 0.0514. The summed E-state index contributed by atoms with van der Waals surface area (Å²) in [7, 11) is 1.59. The fourth-order valence-corrected chi connectivity index (χ4v) is 2.19. The normalized spacial score (nSPS) is 10.1. The van der Waals surface area contributed by atoms with Crippen LogP contribution in [0.1, 0.15) is 15.9 Å². The van der Waals surface area contributed by atoms with E-state index >= 15 is 0 Å². The summed E-state index contributed by atoms with van der Waals surface area (Å²) >= 11 is 3.35. The van der Waals surface area contributed by atoms with Crippen LogP contribution in [-0.2, 0) is 0 Å². The van der Waals surface area contributed by atoms with Crippen LogP contribution in [0.15, 0.2) is 46.9 Å². The topological polar surface area (TPSA) is 52.3 Å². The van der Waals surface area contributed by atoms with E-state index in [4.69, 9.17) is 10.5 Å². The molecule has 0 unspecified atom stereocenters. The molecule has 0 radical (unpaired) electrons. The van der Waals surface area contributed by atoms with Gasteiger partial charge in [-0.15, -0.1) is 0 Å². The molecule has 0 fully saturated rings. The highest BCUT2D eigenvalue weighted by Gasteiger charge is 2.12. The van der Waals surface area contributed by atoms with Crippen molar-refractivity contribution in [2.24, 2.45) is 0 Å². The minimum atomic E-state index is -0.0514. The average molecular weight is 306 g/mol. The smallest absolute Gasteiger partial charge is 0.194 e. The summed E-state index contributed by atoms with van der Waals surface area (Å²) in [6.07, 6.45) is 0. The molecule has 0 bridgehead atoms. The maximum absolute atomic E-state index is 12.3. The predicted molar refractivity (Wildman–Crippen MR) is 75.0 cm³/mol. The number of ketones is 1. The molecule has 0 aliphatic carbocycles. The molecule has 0 aliphatic heterocycles. The number of hydrogen-bond donors (Lipinski definition) is 1. The third kappa shape index (κ3) is 2.54. The lowest BCUT2D eigenvalue weighted by Crippen LogP contribution is -2.02. The maximum Gasteiger partial charge on any atom is 0.194 e. The SMILES string of the molecule is COc1ccc(C(=O)c2ccc(N)cc2Br)cc1. The van der Waals surface area contributed by atoms with Gasteiger partial charge >= 0.3 is 0 Å². The summed E-state index contributed by atoms with van der Waals surface area (Å²) in [5.41, 5.74) is 7.47. The van der Waals surface area contributed by atoms with E-state index in [1.807, 2.05) is 0 Å². The van der Waals surface area contributed by atoms with Crippen LogP contribution in [0.2, 0.25) is 0 Å². The number of rotatable bonds is 3. The van der Waals surface area contributed by atoms with Crippen molar-refractivity contribution in [3.8, 4) is 5.75 Å². The fraction of sp³-hybridized carbons (Fsp3) is 0.0714. The molecule has 0 amide bonds. The summed E-state index contributed by atoms with van der Waals surface area (Å²) in [6, 6.07) is 12.1. The van der Waals surface area contributed by atoms with Gasteiger partial charge in [-0.1, -0.05) is 0 Å². The van der Waals surface area contributed by atoms with Crippen molar-refractivity contribution in [3.63, 3.8) is 0 Å². The van der Waals surface area contributed by atoms with Crippen molar-refractivity contribution < 1.29 is 9.53 Å². The average Bonchev–Trinajstić information content (AvgIpc) is 2.38. The zero-order valence-electron chi connectivity index (χ0n) is 9.81. The number of carbonyl (C=O) groups excluding carboxylic acids is 1. The molecule has 0 saturated carbocycles. The van der Waals surface area contributed by atoms with Crippen molar-refractivity contribution in [2.75, 3.05) is 12.8 Å². The Morgan fingerprint density at radius 3 is 2.39 bits per heavy atom. The number of nitrogen functional groups attached to an aromatic ring is 1. The van der Waals surface area contributed by atoms with Crippen molar-refractivity contribution in [1.82, 2.24) is 0 Å². The van der Waals surface area contributed by atoms with Crippen LogP contribution in [0, 0.1) is 0 Å². The Hall–Kier alpha value is -1.81. The van der Waals surface area contributed by atoms with E-state index < -0.39 is 0 Å². The Labute approximate surface area is 114 Å². The van der Waals surface area contributed by atoms with Crippen LogP contribution in [-0.4, -0.2) is 12.9 Å². The summed E-state index contributed by atoms with van der Waals surface area (Å²) in [6.45, 7) is 0. The van der Waals surface area contributed by atoms with Gasteiger partial charge in [0.05, 0.1) is 7.11 Å². The number of ether oxygens (including phenoxy) is 1. The second kappa shape index (κ2) is 5.23. The first-order valence-electron chi connectivity index (χ1n) is 5.35. The lowest BCUT2D eigenvalue weighted by atomic mass is 10.0. The van der Waals surface area contributed by atoms with E-state index in [-0.39, 0.29) is 5.78 Å². The van der Waals surface area contributed by atoms with Crippen molar-refractivity contribution >= 4 is 27.4 Å². The van der Waals surface area contributed by atoms with Crippen molar-refractivity contribution in [2.45, 2.75) is 0 Å². The van der Waals surface area contributed by atoms with Gasteiger partial charge in [-0.25, -0.2) is 0 Å². The number of nitrogens with two attached hydrogens (primary N) is 1. The Balaban J connectivity index is 2.35. The molecule has 3 nitrogen and oxygen atoms in total. The van der Waals surface area contributed by atoms with Crippen LogP contribution in [0.3, 0.4) is 0 Å². The number of halogens is 1. The van der Waals surface area contributed by atoms with Gasteiger partial charge in [0.15, 0.2) is 5.78 Å². The molecule has 2 rings (SSSR count). The molecule has 0 atom stereocenters. The molecule has 0 saturated heterocycles. The van der Waals surface area contributed by atoms with Crippen LogP contribution < -0.4 is 10.5 Å². The second-order valence-electron chi connectivity index (χ2n) is 3.80. The van der Waals surface area contributed by atoms with Crippen molar-refractivity contribution in [3.05, 3.63) is 58.1 Å². The van der Waals surface area contributed by atoms with Gasteiger partial charge in [-0.2, -0.15) is 0 Å². The molecule has 2 aromatic carbocycles. The number of benzene rings is 2. The zero-order valence-corrected chi connectivity index (χ0v) is 11.4. The highest BCUT2D eigenvalue weighted by molar-refractivity contribution is 9.10. The molecule has 0 spiro atoms. The summed E-state index contributed by atoms with van der Waals surface area (Å²) in [5.74, 6) is 0.674. The van der Waals surface area contributed by atoms with Crippen LogP contribution in [0.25, 0.3) is 0 Å². The molecule has 4 heteroatoms. The maximum atomic E-state index is 12.3. The Morgan fingerprint density at radius 2 is 1.83 bits per heavy atom. The van der Waals surface area contributed by atoms with Crippen LogP contribution >= 0.6 is 15.9 Å². The summed E-state index contributed by atoms with van der Waals surface area (Å²) < 4.78 is 5.75. The van der Waals surface area contributed by atoms with E-state index in [1.165, 1.54) is 0 Å². The number of anilines is 1. The van der Waals surface area contributed by atoms with Gasteiger partial charge in [0.25, 0.3) is 0 Å². The second-order valence-corrected chi connectivity index (χ2v) is 4.65. The third-order valence-electron chi connectivity index (χ3n) is 2.59. The summed E-state index contributed by atoms with van der Waals surface area (Å²) in [4.78, 5) is 12.3. The molecule has 0 aliphatic rings. The van der Waals surface area contributed by atoms with E-state index in [0.29, 0.717) is 21.3 Å². The molecule has 0 heterocycles. The lowest BCUT2D eigenvalue weighted by molar-refractivity contribution is 0.103. The third-order valence-corrected chi connectivity index (χ3v) is 3.25. The van der Waals surface area contributed by atoms with Gasteiger partial charge in [0.1, 0.15) is 5.75 Å². The number of carbonyl (C=O) groups is 1. The van der Waals surface area contributed by atoms with E-state index in [9.17, 15) is 4.79 Å². The number of hydrogen-bond acceptors (Lipinski definition) is 3. The van der Waals surface area contributed by atoms with Crippen molar-refractivity contribution in [1.29, 1.82) is 0 Å². The monoisotopic (exact) mass is 305 g/mol. The minimum Gasteiger partial charge on any atom is -0.497 e. The molecule has 2 N–H and O–H groups in total. The molecule has 18 heavy (non-hydrogen) atoms. The molecule has 2 aromatic rings. The van der Waals surface area contributed by atoms with E-state index in [1.54, 1.807) is 49.6 Å². The number of methoxy groups -OCH3 is 1. The Morgan fingerprint density at radius 1 is 1.17 bits per heavy atom. The van der Waals surface area contributed by atoms with Crippen LogP contribution in [0.5, 0.6) is 5.75 Å². The first-order chi connectivity index (χ1) is 8.61. The van der Waals surface area contributed by atoms with Crippen LogP contribution in [0.4, 0.5) is 5.69 Å². The zero-order chi connectivity index (χ0) is 13.1. The predicted octanol–water partition coefficient (Wildman–Crippen LogP) is 3.27. The van der Waals surface area contributed by atoms with Gasteiger partial charge in [0, 0.05) is 21.3 Å². The van der Waals surface area contributed by atoms with Gasteiger partial charge in [-0.3, -0.25) is 4.79 Å². The molecule has 92 valence electrons. The highest BCUT2D eigenvalue weighted by atomic mass is 79.9. The first kappa shape index (κ1) is 12.6. The summed E-state index contributed by atoms with van der Waals surface area (Å²) in [5, 5.41) is 0. The Kier molecular flexibility index (Phi) is 3.67. The first-order valence-corrected chi connectivity index (χ1v) is 6.15. The van der Waals surface area contributed by atoms with Gasteiger partial charge in [0.2, 0.25) is 0 Å². The van der Waals surface area contributed by atoms with E-state index in [2.05, 4.69) is 15.9 Å². The van der Waals surface area contributed by atoms with Gasteiger partial charge < -0.3 is 10.5 Å². The molecule has 0 aromatic heterocycles. The molecular formula is C14H12BrNO2. The lowest BCUT2D eigenvalue weighted by Gasteiger charge is -2.06. The quantitative estimate of drug-likeness (QED) is 0.699. The highest BCUT2D eigenvalue weighted by Crippen LogP contribution is 2.23. The van der Waals surface area contributed by atoms with E-state index in [0.717, 1.165) is 5.75 Å². The van der Waals surface area contributed by atoms with Gasteiger partial charge in [-0.05, 0) is 58.4 Å². The molecular weight excluding hydrogens is 294 g/mol. The standard InChI is InChI=1S/C14H12BrNO2/c1-18-11-5-2-9(3-6-11)14(17)12-7-4-10(16)8-13(12)15/h2-8H,16H2,1H3. The largest absolute Gasteiger partial charge is 0.497 e.